The first-order valence-electron chi connectivity index (χ1n) is 24.2. The van der Waals surface area contributed by atoms with E-state index in [-0.39, 0.29) is 67.0 Å². The molecule has 0 aliphatic carbocycles. The monoisotopic (exact) mass is 983 g/mol. The van der Waals surface area contributed by atoms with Gasteiger partial charge in [-0.2, -0.15) is 4.31 Å². The van der Waals surface area contributed by atoms with Crippen LogP contribution < -0.4 is 33.2 Å². The summed E-state index contributed by atoms with van der Waals surface area (Å²) < 4.78 is 81.5. The number of nitrogens with zero attached hydrogens (tertiary/aromatic N) is 3. The lowest BCUT2D eigenvalue weighted by atomic mass is 9.72. The highest BCUT2D eigenvalue weighted by Crippen LogP contribution is 2.50. The van der Waals surface area contributed by atoms with E-state index in [9.17, 15) is 13.5 Å². The van der Waals surface area contributed by atoms with E-state index in [0.29, 0.717) is 60.5 Å². The maximum atomic E-state index is 15.5. The zero-order valence-electron chi connectivity index (χ0n) is 40.9. The summed E-state index contributed by atoms with van der Waals surface area (Å²) in [6.07, 6.45) is 5.43. The van der Waals surface area contributed by atoms with Crippen molar-refractivity contribution in [3.8, 4) is 40.2 Å². The molecule has 0 spiro atoms. The molecule has 1 saturated heterocycles. The third kappa shape index (κ3) is 9.83. The van der Waals surface area contributed by atoms with E-state index in [1.54, 1.807) is 40.6 Å². The lowest BCUT2D eigenvalue weighted by Gasteiger charge is -2.49. The van der Waals surface area contributed by atoms with Crippen molar-refractivity contribution in [3.05, 3.63) is 106 Å². The summed E-state index contributed by atoms with van der Waals surface area (Å²) in [5.74, 6) is 4.65. The highest BCUT2D eigenvalue weighted by atomic mass is 32.2. The summed E-state index contributed by atoms with van der Waals surface area (Å²) in [6, 6.07) is 20.0. The molecular formula is C53H65N3O13S. The Morgan fingerprint density at radius 1 is 0.771 bits per heavy atom. The number of carbonyl (C=O) groups excluding carboxylic acids is 1. The Morgan fingerprint density at radius 2 is 1.44 bits per heavy atom. The van der Waals surface area contributed by atoms with Crippen LogP contribution in [0.15, 0.2) is 83.5 Å². The molecule has 4 aromatic carbocycles. The van der Waals surface area contributed by atoms with Gasteiger partial charge in [0.05, 0.1) is 59.7 Å². The molecule has 70 heavy (non-hydrogen) atoms. The molecule has 0 radical (unpaired) electrons. The van der Waals surface area contributed by atoms with E-state index < -0.39 is 22.9 Å². The largest absolute Gasteiger partial charge is 0.497 e. The molecule has 5 heterocycles. The molecule has 5 aliphatic heterocycles. The summed E-state index contributed by atoms with van der Waals surface area (Å²) in [7, 11) is 4.13. The fourth-order valence-electron chi connectivity index (χ4n) is 11.1. The second-order valence-corrected chi connectivity index (χ2v) is 20.4. The van der Waals surface area contributed by atoms with Crippen LogP contribution in [0.5, 0.6) is 40.2 Å². The van der Waals surface area contributed by atoms with Gasteiger partial charge in [-0.15, -0.1) is 0 Å². The summed E-state index contributed by atoms with van der Waals surface area (Å²) >= 11 is 0. The standard InChI is InChI=1S/C53H65N3O13S/c1-7-33-31-54-16-14-35-25-46(62-3)48(64-5)29-41(35)43(54)22-37(33)23-44-42-30-49(65-6)47(63-4)26-36(42)15-17-56(44)53(58)51-27-38(34-8-13-45-50(24-34)68-32-67-45)28-52(69-51)66-21-19-55(18-20-57)70(59,60)40-11-9-39(61-2)10-12-40/h8-13,24-27,29-30,33,37-38,43-44,52,57H,7,14-23,28,31-32H2,1-6H3. The minimum atomic E-state index is -4.01. The quantitative estimate of drug-likeness (QED) is 0.108. The number of rotatable bonds is 18. The number of benzene rings is 4. The van der Waals surface area contributed by atoms with Crippen molar-refractivity contribution in [3.63, 3.8) is 0 Å². The number of methoxy groups -OCH3 is 5. The number of piperidine rings is 1. The Labute approximate surface area is 410 Å². The second kappa shape index (κ2) is 21.3. The van der Waals surface area contributed by atoms with Gasteiger partial charge in [-0.05, 0) is 132 Å². The molecular weight excluding hydrogens is 919 g/mol. The van der Waals surface area contributed by atoms with Crippen LogP contribution in [0.4, 0.5) is 0 Å². The summed E-state index contributed by atoms with van der Waals surface area (Å²) in [5, 5.41) is 9.94. The maximum Gasteiger partial charge on any atom is 0.289 e. The Balaban J connectivity index is 1.02. The minimum absolute atomic E-state index is 0.0587. The predicted octanol–water partition coefficient (Wildman–Crippen LogP) is 7.03. The molecule has 0 aromatic heterocycles. The highest BCUT2D eigenvalue weighted by molar-refractivity contribution is 7.89. The predicted molar refractivity (Wildman–Crippen MR) is 259 cm³/mol. The van der Waals surface area contributed by atoms with Crippen molar-refractivity contribution < 1.29 is 61.0 Å². The number of hydrogen-bond donors (Lipinski definition) is 1. The van der Waals surface area contributed by atoms with Gasteiger partial charge in [0, 0.05) is 51.1 Å². The lowest BCUT2D eigenvalue weighted by molar-refractivity contribution is -0.155. The summed E-state index contributed by atoms with van der Waals surface area (Å²) in [4.78, 5) is 20.1. The smallest absolute Gasteiger partial charge is 0.289 e. The van der Waals surface area contributed by atoms with Crippen LogP contribution in [-0.2, 0) is 37.1 Å². The molecule has 16 nitrogen and oxygen atoms in total. The first-order valence-corrected chi connectivity index (χ1v) is 25.6. The third-order valence-electron chi connectivity index (χ3n) is 14.9. The van der Waals surface area contributed by atoms with Gasteiger partial charge >= 0.3 is 0 Å². The molecule has 6 atom stereocenters. The normalized spacial score (nSPS) is 22.8. The molecule has 5 aliphatic rings. The van der Waals surface area contributed by atoms with Crippen LogP contribution in [0.2, 0.25) is 0 Å². The number of ether oxygens (including phenoxy) is 9. The Hall–Kier alpha value is -5.72. The molecule has 17 heteroatoms. The maximum absolute atomic E-state index is 15.5. The SMILES string of the molecule is CCC1CN2CCc3cc(OC)c(OC)cc3C2CC1CC1c2cc(OC)c(OC)cc2CCN1C(=O)C1=CC(c2ccc3c(c2)OCO3)CC(OCCN(CCO)S(=O)(=O)c2ccc(OC)cc2)O1. The first kappa shape index (κ1) is 49.3. The molecule has 0 saturated carbocycles. The highest BCUT2D eigenvalue weighted by Gasteiger charge is 2.44. The number of sulfonamides is 1. The van der Waals surface area contributed by atoms with Crippen LogP contribution in [0.1, 0.15) is 78.4 Å². The zero-order chi connectivity index (χ0) is 49.1. The van der Waals surface area contributed by atoms with E-state index in [4.69, 9.17) is 42.6 Å². The topological polar surface area (TPSA) is 164 Å². The molecule has 1 N–H and O–H groups in total. The van der Waals surface area contributed by atoms with Crippen LogP contribution >= 0.6 is 0 Å². The Kier molecular flexibility index (Phi) is 15.0. The van der Waals surface area contributed by atoms with Crippen molar-refractivity contribution in [2.45, 2.75) is 74.6 Å². The minimum Gasteiger partial charge on any atom is -0.497 e. The van der Waals surface area contributed by atoms with Crippen LogP contribution in [0.3, 0.4) is 0 Å². The summed E-state index contributed by atoms with van der Waals surface area (Å²) in [6.45, 7) is 4.04. The van der Waals surface area contributed by atoms with Crippen LogP contribution in [0.25, 0.3) is 0 Å². The summed E-state index contributed by atoms with van der Waals surface area (Å²) in [5.41, 5.74) is 5.55. The van der Waals surface area contributed by atoms with E-state index in [1.807, 2.05) is 41.3 Å². The number of aliphatic hydroxyl groups is 1. The molecule has 6 unspecified atom stereocenters. The van der Waals surface area contributed by atoms with Crippen LogP contribution in [-0.4, -0.2) is 128 Å². The van der Waals surface area contributed by atoms with Gasteiger partial charge in [-0.1, -0.05) is 19.4 Å². The fourth-order valence-corrected chi connectivity index (χ4v) is 12.6. The average molecular weight is 984 g/mol. The molecule has 1 fully saturated rings. The molecule has 376 valence electrons. The van der Waals surface area contributed by atoms with E-state index >= 15 is 4.79 Å². The number of allylic oxidation sites excluding steroid dienone is 1. The van der Waals surface area contributed by atoms with Crippen molar-refractivity contribution in [1.29, 1.82) is 0 Å². The van der Waals surface area contributed by atoms with Gasteiger partial charge < -0.3 is 52.6 Å². The van der Waals surface area contributed by atoms with Gasteiger partial charge in [0.2, 0.25) is 23.1 Å². The number of fused-ring (bicyclic) bond motifs is 5. The van der Waals surface area contributed by atoms with Gasteiger partial charge in [0.25, 0.3) is 5.91 Å². The van der Waals surface area contributed by atoms with Gasteiger partial charge in [-0.25, -0.2) is 8.42 Å². The van der Waals surface area contributed by atoms with E-state index in [2.05, 4.69) is 24.0 Å². The molecule has 9 rings (SSSR count). The van der Waals surface area contributed by atoms with Gasteiger partial charge in [-0.3, -0.25) is 9.69 Å². The lowest BCUT2D eigenvalue weighted by Crippen LogP contribution is -2.48. The van der Waals surface area contributed by atoms with Crippen LogP contribution in [0, 0.1) is 11.8 Å². The third-order valence-corrected chi connectivity index (χ3v) is 16.8. The van der Waals surface area contributed by atoms with Gasteiger partial charge in [0.15, 0.2) is 40.3 Å². The van der Waals surface area contributed by atoms with E-state index in [1.165, 1.54) is 34.7 Å². The molecule has 1 amide bonds. The first-order chi connectivity index (χ1) is 34.0. The molecule has 0 bridgehead atoms. The average Bonchev–Trinajstić information content (AvgIpc) is 3.87. The zero-order valence-corrected chi connectivity index (χ0v) is 41.7. The number of aliphatic hydroxyl groups excluding tert-OH is 1. The number of amides is 1. The Morgan fingerprint density at radius 3 is 2.13 bits per heavy atom. The fraction of sp³-hybridized carbons (Fsp3) is 0.491. The van der Waals surface area contributed by atoms with Crippen molar-refractivity contribution in [2.24, 2.45) is 11.8 Å². The molecule has 4 aromatic rings. The number of carbonyl (C=O) groups is 1. The second-order valence-electron chi connectivity index (χ2n) is 18.4. The van der Waals surface area contributed by atoms with Gasteiger partial charge in [0.1, 0.15) is 5.75 Å². The Bertz CT molecular complexity index is 2660. The van der Waals surface area contributed by atoms with Crippen molar-refractivity contribution in [1.82, 2.24) is 14.1 Å². The van der Waals surface area contributed by atoms with Crippen molar-refractivity contribution >= 4 is 15.9 Å². The number of hydrogen-bond acceptors (Lipinski definition) is 14. The van der Waals surface area contributed by atoms with Crippen molar-refractivity contribution in [2.75, 3.05) is 88.3 Å². The van der Waals surface area contributed by atoms with E-state index in [0.717, 1.165) is 60.5 Å².